The number of imidazole rings is 1. The number of rotatable bonds is 2. The van der Waals surface area contributed by atoms with Gasteiger partial charge in [-0.2, -0.15) is 4.98 Å². The van der Waals surface area contributed by atoms with Crippen LogP contribution >= 0.6 is 0 Å². The summed E-state index contributed by atoms with van der Waals surface area (Å²) in [7, 11) is 1.94. The maximum Gasteiger partial charge on any atom is 0.278 e. The molecule has 5 nitrogen and oxygen atoms in total. The molecule has 2 aromatic heterocycles. The number of aryl methyl sites for hydroxylation is 1. The molecule has 0 aromatic carbocycles. The van der Waals surface area contributed by atoms with Crippen molar-refractivity contribution in [3.63, 3.8) is 0 Å². The Morgan fingerprint density at radius 3 is 2.23 bits per heavy atom. The predicted molar refractivity (Wildman–Crippen MR) is 85.4 cm³/mol. The van der Waals surface area contributed by atoms with Crippen LogP contribution in [0.3, 0.4) is 0 Å². The first-order chi connectivity index (χ1) is 10.8. The Morgan fingerprint density at radius 2 is 1.64 bits per heavy atom. The molecule has 22 heavy (non-hydrogen) atoms. The standard InChI is InChI=1S/C17H26N4O/c1-21-12-15(18-13-21)17-19-16(20-22-17)14-10-8-6-4-2-3-5-7-9-11-14/h12-14H,2-11H2,1H3. The highest BCUT2D eigenvalue weighted by molar-refractivity contribution is 5.44. The second-order valence-corrected chi connectivity index (χ2v) is 6.48. The fraction of sp³-hybridized carbons (Fsp3) is 0.706. The zero-order valence-corrected chi connectivity index (χ0v) is 13.5. The quantitative estimate of drug-likeness (QED) is 0.821. The summed E-state index contributed by atoms with van der Waals surface area (Å²) in [5, 5.41) is 4.24. The normalized spacial score (nSPS) is 19.0. The molecule has 0 aliphatic heterocycles. The Kier molecular flexibility index (Phi) is 5.24. The van der Waals surface area contributed by atoms with E-state index in [0.29, 0.717) is 11.8 Å². The van der Waals surface area contributed by atoms with Crippen LogP contribution in [0.5, 0.6) is 0 Å². The molecular weight excluding hydrogens is 276 g/mol. The molecule has 0 N–H and O–H groups in total. The Morgan fingerprint density at radius 1 is 1.00 bits per heavy atom. The molecule has 1 aliphatic rings. The summed E-state index contributed by atoms with van der Waals surface area (Å²) in [6, 6.07) is 0. The first kappa shape index (κ1) is 15.3. The molecule has 0 unspecified atom stereocenters. The lowest BCUT2D eigenvalue weighted by Gasteiger charge is -2.11. The van der Waals surface area contributed by atoms with Gasteiger partial charge in [0.2, 0.25) is 0 Å². The summed E-state index contributed by atoms with van der Waals surface area (Å²) in [6.07, 6.45) is 16.8. The predicted octanol–water partition coefficient (Wildman–Crippen LogP) is 4.47. The first-order valence-electron chi connectivity index (χ1n) is 8.65. The average Bonchev–Trinajstić information content (AvgIpc) is 3.14. The summed E-state index contributed by atoms with van der Waals surface area (Å²) in [6.45, 7) is 0. The van der Waals surface area contributed by atoms with Crippen LogP contribution in [0.4, 0.5) is 0 Å². The highest BCUT2D eigenvalue weighted by Gasteiger charge is 2.19. The van der Waals surface area contributed by atoms with E-state index in [9.17, 15) is 0 Å². The van der Waals surface area contributed by atoms with Gasteiger partial charge in [0.15, 0.2) is 5.82 Å². The van der Waals surface area contributed by atoms with Crippen LogP contribution < -0.4 is 0 Å². The molecule has 2 heterocycles. The number of aromatic nitrogens is 4. The van der Waals surface area contributed by atoms with Crippen molar-refractivity contribution in [2.24, 2.45) is 7.05 Å². The van der Waals surface area contributed by atoms with Crippen molar-refractivity contribution in [3.05, 3.63) is 18.3 Å². The fourth-order valence-electron chi connectivity index (χ4n) is 3.27. The van der Waals surface area contributed by atoms with Crippen molar-refractivity contribution >= 4 is 0 Å². The van der Waals surface area contributed by atoms with Crippen molar-refractivity contribution in [3.8, 4) is 11.6 Å². The van der Waals surface area contributed by atoms with Gasteiger partial charge in [0.05, 0.1) is 6.33 Å². The highest BCUT2D eigenvalue weighted by Crippen LogP contribution is 2.29. The average molecular weight is 302 g/mol. The molecule has 1 saturated carbocycles. The fourth-order valence-corrected chi connectivity index (χ4v) is 3.27. The van der Waals surface area contributed by atoms with Gasteiger partial charge >= 0.3 is 0 Å². The molecule has 0 spiro atoms. The third kappa shape index (κ3) is 3.96. The molecule has 0 bridgehead atoms. The Balaban J connectivity index is 1.68. The van der Waals surface area contributed by atoms with Crippen LogP contribution in [0.1, 0.15) is 76.0 Å². The third-order valence-corrected chi connectivity index (χ3v) is 4.59. The van der Waals surface area contributed by atoms with Crippen LogP contribution in [0, 0.1) is 0 Å². The zero-order chi connectivity index (χ0) is 15.2. The van der Waals surface area contributed by atoms with E-state index in [0.717, 1.165) is 11.5 Å². The van der Waals surface area contributed by atoms with Gasteiger partial charge in [-0.15, -0.1) is 0 Å². The summed E-state index contributed by atoms with van der Waals surface area (Å²) in [5.41, 5.74) is 0.762. The molecule has 0 saturated heterocycles. The zero-order valence-electron chi connectivity index (χ0n) is 13.5. The van der Waals surface area contributed by atoms with Crippen molar-refractivity contribution in [2.45, 2.75) is 70.1 Å². The number of hydrogen-bond donors (Lipinski definition) is 0. The van der Waals surface area contributed by atoms with Gasteiger partial charge in [-0.1, -0.05) is 56.5 Å². The second kappa shape index (κ2) is 7.56. The summed E-state index contributed by atoms with van der Waals surface area (Å²) < 4.78 is 7.33. The van der Waals surface area contributed by atoms with E-state index in [4.69, 9.17) is 4.52 Å². The smallest absolute Gasteiger partial charge is 0.278 e. The molecule has 3 rings (SSSR count). The van der Waals surface area contributed by atoms with Crippen LogP contribution in [0.25, 0.3) is 11.6 Å². The van der Waals surface area contributed by atoms with Crippen LogP contribution in [-0.2, 0) is 7.05 Å². The Bertz CT molecular complexity index is 563. The molecule has 120 valence electrons. The van der Waals surface area contributed by atoms with E-state index in [1.165, 1.54) is 64.2 Å². The van der Waals surface area contributed by atoms with Crippen LogP contribution in [0.2, 0.25) is 0 Å². The van der Waals surface area contributed by atoms with Gasteiger partial charge in [-0.3, -0.25) is 0 Å². The third-order valence-electron chi connectivity index (χ3n) is 4.59. The monoisotopic (exact) mass is 302 g/mol. The largest absolute Gasteiger partial charge is 0.340 e. The molecule has 1 aliphatic carbocycles. The van der Waals surface area contributed by atoms with Crippen LogP contribution in [-0.4, -0.2) is 19.7 Å². The lowest BCUT2D eigenvalue weighted by atomic mass is 9.95. The SMILES string of the molecule is Cn1cnc(-c2nc(C3CCCCCCCCCC3)no2)c1. The van der Waals surface area contributed by atoms with Crippen molar-refractivity contribution in [1.29, 1.82) is 0 Å². The van der Waals surface area contributed by atoms with E-state index < -0.39 is 0 Å². The van der Waals surface area contributed by atoms with Gasteiger partial charge in [0.1, 0.15) is 5.69 Å². The number of hydrogen-bond acceptors (Lipinski definition) is 4. The van der Waals surface area contributed by atoms with Gasteiger partial charge in [-0.25, -0.2) is 4.98 Å². The molecule has 5 heteroatoms. The van der Waals surface area contributed by atoms with E-state index in [1.807, 2.05) is 17.8 Å². The minimum absolute atomic E-state index is 0.444. The lowest BCUT2D eigenvalue weighted by Crippen LogP contribution is -2.02. The van der Waals surface area contributed by atoms with E-state index in [2.05, 4.69) is 15.1 Å². The van der Waals surface area contributed by atoms with Crippen molar-refractivity contribution in [1.82, 2.24) is 19.7 Å². The molecule has 0 amide bonds. The van der Waals surface area contributed by atoms with E-state index in [1.54, 1.807) is 6.33 Å². The number of nitrogens with zero attached hydrogens (tertiary/aromatic N) is 4. The van der Waals surface area contributed by atoms with E-state index >= 15 is 0 Å². The summed E-state index contributed by atoms with van der Waals surface area (Å²) in [5.74, 6) is 1.86. The second-order valence-electron chi connectivity index (χ2n) is 6.48. The van der Waals surface area contributed by atoms with Crippen LogP contribution in [0.15, 0.2) is 17.0 Å². The maximum absolute atomic E-state index is 5.43. The van der Waals surface area contributed by atoms with Gasteiger partial charge in [0.25, 0.3) is 5.89 Å². The molecule has 2 aromatic rings. The molecule has 0 radical (unpaired) electrons. The van der Waals surface area contributed by atoms with Gasteiger partial charge < -0.3 is 9.09 Å². The molecule has 1 fully saturated rings. The minimum atomic E-state index is 0.444. The van der Waals surface area contributed by atoms with Gasteiger partial charge in [-0.05, 0) is 12.8 Å². The highest BCUT2D eigenvalue weighted by atomic mass is 16.5. The summed E-state index contributed by atoms with van der Waals surface area (Å²) >= 11 is 0. The Hall–Kier alpha value is -1.65. The van der Waals surface area contributed by atoms with E-state index in [-0.39, 0.29) is 0 Å². The minimum Gasteiger partial charge on any atom is -0.340 e. The first-order valence-corrected chi connectivity index (χ1v) is 8.65. The topological polar surface area (TPSA) is 56.7 Å². The van der Waals surface area contributed by atoms with Crippen molar-refractivity contribution in [2.75, 3.05) is 0 Å². The summed E-state index contributed by atoms with van der Waals surface area (Å²) in [4.78, 5) is 8.90. The Labute approximate surface area is 132 Å². The molecular formula is C17H26N4O. The maximum atomic E-state index is 5.43. The van der Waals surface area contributed by atoms with Gasteiger partial charge in [0, 0.05) is 19.2 Å². The molecule has 0 atom stereocenters. The lowest BCUT2D eigenvalue weighted by molar-refractivity contribution is 0.403. The van der Waals surface area contributed by atoms with Crippen molar-refractivity contribution < 1.29 is 4.52 Å².